The van der Waals surface area contributed by atoms with Gasteiger partial charge in [0, 0.05) is 37.9 Å². The lowest BCUT2D eigenvalue weighted by Crippen LogP contribution is -2.37. The van der Waals surface area contributed by atoms with Gasteiger partial charge in [0.15, 0.2) is 0 Å². The van der Waals surface area contributed by atoms with E-state index in [1.165, 1.54) is 5.56 Å². The van der Waals surface area contributed by atoms with Crippen LogP contribution in [0.25, 0.3) is 0 Å². The van der Waals surface area contributed by atoms with E-state index in [4.69, 9.17) is 4.74 Å². The summed E-state index contributed by atoms with van der Waals surface area (Å²) in [6, 6.07) is 12.7. The molecule has 134 valence electrons. The predicted molar refractivity (Wildman–Crippen MR) is 98.7 cm³/mol. The molecule has 1 aliphatic heterocycles. The van der Waals surface area contributed by atoms with Gasteiger partial charge >= 0.3 is 0 Å². The lowest BCUT2D eigenvalue weighted by Gasteiger charge is -2.25. The summed E-state index contributed by atoms with van der Waals surface area (Å²) in [4.78, 5) is 4.01. The molecule has 0 bridgehead atoms. The van der Waals surface area contributed by atoms with Crippen molar-refractivity contribution in [2.75, 3.05) is 0 Å². The lowest BCUT2D eigenvalue weighted by atomic mass is 10.1. The van der Waals surface area contributed by atoms with Crippen molar-refractivity contribution in [2.45, 2.75) is 45.5 Å². The van der Waals surface area contributed by atoms with Crippen molar-refractivity contribution in [3.8, 4) is 5.75 Å². The van der Waals surface area contributed by atoms with E-state index in [0.717, 1.165) is 48.9 Å². The highest BCUT2D eigenvalue weighted by Crippen LogP contribution is 2.17. The summed E-state index contributed by atoms with van der Waals surface area (Å²) >= 11 is 0. The molecule has 0 unspecified atom stereocenters. The molecule has 0 fully saturated rings. The molecular weight excluding hydrogens is 326 g/mol. The van der Waals surface area contributed by atoms with Crippen LogP contribution in [0.2, 0.25) is 0 Å². The second-order valence-electron chi connectivity index (χ2n) is 6.68. The Kier molecular flexibility index (Phi) is 4.93. The summed E-state index contributed by atoms with van der Waals surface area (Å²) in [5.74, 6) is 2.99. The summed E-state index contributed by atoms with van der Waals surface area (Å²) in [7, 11) is 0. The van der Waals surface area contributed by atoms with E-state index < -0.39 is 0 Å². The molecule has 3 aromatic rings. The second kappa shape index (κ2) is 7.66. The number of hydrogen-bond donors (Lipinski definition) is 1. The topological polar surface area (TPSA) is 64.9 Å². The molecule has 3 heterocycles. The number of aromatic nitrogens is 4. The third kappa shape index (κ3) is 3.91. The molecule has 6 nitrogen and oxygen atoms in total. The highest BCUT2D eigenvalue weighted by Gasteiger charge is 2.20. The van der Waals surface area contributed by atoms with Gasteiger partial charge in [0.2, 0.25) is 0 Å². The summed E-state index contributed by atoms with van der Waals surface area (Å²) in [5, 5.41) is 12.0. The van der Waals surface area contributed by atoms with E-state index in [0.29, 0.717) is 12.6 Å². The molecule has 0 spiro atoms. The molecule has 1 aromatic carbocycles. The number of rotatable bonds is 6. The molecule has 26 heavy (non-hydrogen) atoms. The number of aryl methyl sites for hydroxylation is 2. The van der Waals surface area contributed by atoms with Crippen molar-refractivity contribution >= 4 is 0 Å². The Morgan fingerprint density at radius 3 is 2.69 bits per heavy atom. The van der Waals surface area contributed by atoms with Crippen LogP contribution in [0.3, 0.4) is 0 Å². The average Bonchev–Trinajstić information content (AvgIpc) is 3.07. The van der Waals surface area contributed by atoms with Gasteiger partial charge in [0.25, 0.3) is 0 Å². The summed E-state index contributed by atoms with van der Waals surface area (Å²) in [6.07, 6.45) is 5.65. The van der Waals surface area contributed by atoms with Gasteiger partial charge in [-0.15, -0.1) is 10.2 Å². The Morgan fingerprint density at radius 1 is 1.08 bits per heavy atom. The Labute approximate surface area is 153 Å². The van der Waals surface area contributed by atoms with E-state index in [9.17, 15) is 0 Å². The largest absolute Gasteiger partial charge is 0.489 e. The van der Waals surface area contributed by atoms with Crippen LogP contribution in [0.5, 0.6) is 5.75 Å². The zero-order valence-electron chi connectivity index (χ0n) is 14.9. The van der Waals surface area contributed by atoms with E-state index >= 15 is 0 Å². The fourth-order valence-corrected chi connectivity index (χ4v) is 3.24. The van der Waals surface area contributed by atoms with Gasteiger partial charge < -0.3 is 14.6 Å². The van der Waals surface area contributed by atoms with Crippen LogP contribution in [-0.2, 0) is 26.1 Å². The predicted octanol–water partition coefficient (Wildman–Crippen LogP) is 2.67. The molecule has 2 aromatic heterocycles. The minimum Gasteiger partial charge on any atom is -0.489 e. The number of nitrogens with zero attached hydrogens (tertiary/aromatic N) is 4. The van der Waals surface area contributed by atoms with Crippen LogP contribution in [0.15, 0.2) is 48.8 Å². The fraction of sp³-hybridized carbons (Fsp3) is 0.350. The number of hydrogen-bond acceptors (Lipinski definition) is 5. The Morgan fingerprint density at radius 2 is 1.88 bits per heavy atom. The minimum absolute atomic E-state index is 0.458. The first-order valence-electron chi connectivity index (χ1n) is 9.00. The van der Waals surface area contributed by atoms with Gasteiger partial charge in [-0.05, 0) is 48.7 Å². The first kappa shape index (κ1) is 16.7. The fourth-order valence-electron chi connectivity index (χ4n) is 3.24. The summed E-state index contributed by atoms with van der Waals surface area (Å²) in [5.41, 5.74) is 2.37. The Bertz CT molecular complexity index is 844. The molecule has 0 radical (unpaired) electrons. The standard InChI is InChI=1S/C20H23N5O/c1-15-23-24-20-7-4-18(13-25(15)20)22-12-16-2-5-19(6-3-16)26-14-17-8-10-21-11-9-17/h2-3,5-6,8-11,18,22H,4,7,12-14H2,1H3/t18-/m0/s1. The van der Waals surface area contributed by atoms with Crippen LogP contribution >= 0.6 is 0 Å². The molecule has 4 rings (SSSR count). The minimum atomic E-state index is 0.458. The quantitative estimate of drug-likeness (QED) is 0.741. The lowest BCUT2D eigenvalue weighted by molar-refractivity contribution is 0.306. The van der Waals surface area contributed by atoms with Gasteiger partial charge in [0.1, 0.15) is 24.0 Å². The highest BCUT2D eigenvalue weighted by molar-refractivity contribution is 5.27. The molecule has 1 aliphatic rings. The van der Waals surface area contributed by atoms with Gasteiger partial charge in [-0.3, -0.25) is 4.98 Å². The van der Waals surface area contributed by atoms with Crippen molar-refractivity contribution < 1.29 is 4.74 Å². The third-order valence-corrected chi connectivity index (χ3v) is 4.80. The van der Waals surface area contributed by atoms with Crippen molar-refractivity contribution in [3.05, 3.63) is 71.6 Å². The molecular formula is C20H23N5O. The number of nitrogens with one attached hydrogen (secondary N) is 1. The zero-order valence-corrected chi connectivity index (χ0v) is 14.9. The first-order chi connectivity index (χ1) is 12.8. The summed E-state index contributed by atoms with van der Waals surface area (Å²) in [6.45, 7) is 4.37. The van der Waals surface area contributed by atoms with Gasteiger partial charge in [-0.25, -0.2) is 0 Å². The molecule has 1 N–H and O–H groups in total. The van der Waals surface area contributed by atoms with E-state index in [-0.39, 0.29) is 0 Å². The number of benzene rings is 1. The monoisotopic (exact) mass is 349 g/mol. The van der Waals surface area contributed by atoms with Crippen LogP contribution in [-0.4, -0.2) is 25.8 Å². The van der Waals surface area contributed by atoms with Crippen LogP contribution in [0.4, 0.5) is 0 Å². The molecule has 6 heteroatoms. The zero-order chi connectivity index (χ0) is 17.8. The number of pyridine rings is 1. The second-order valence-corrected chi connectivity index (χ2v) is 6.68. The third-order valence-electron chi connectivity index (χ3n) is 4.80. The van der Waals surface area contributed by atoms with E-state index in [2.05, 4.69) is 37.2 Å². The summed E-state index contributed by atoms with van der Waals surface area (Å²) < 4.78 is 8.04. The van der Waals surface area contributed by atoms with Crippen LogP contribution in [0.1, 0.15) is 29.2 Å². The number of fused-ring (bicyclic) bond motifs is 1. The Balaban J connectivity index is 1.27. The van der Waals surface area contributed by atoms with Crippen LogP contribution in [0, 0.1) is 6.92 Å². The van der Waals surface area contributed by atoms with Crippen molar-refractivity contribution in [1.82, 2.24) is 25.1 Å². The molecule has 1 atom stereocenters. The number of ether oxygens (including phenoxy) is 1. The Hall–Kier alpha value is -2.73. The smallest absolute Gasteiger partial charge is 0.133 e. The molecule has 0 amide bonds. The van der Waals surface area contributed by atoms with Crippen molar-refractivity contribution in [1.29, 1.82) is 0 Å². The first-order valence-corrected chi connectivity index (χ1v) is 9.00. The van der Waals surface area contributed by atoms with E-state index in [1.54, 1.807) is 12.4 Å². The molecule has 0 aliphatic carbocycles. The molecule has 0 saturated heterocycles. The highest BCUT2D eigenvalue weighted by atomic mass is 16.5. The van der Waals surface area contributed by atoms with Gasteiger partial charge in [-0.2, -0.15) is 0 Å². The van der Waals surface area contributed by atoms with Crippen molar-refractivity contribution in [3.63, 3.8) is 0 Å². The van der Waals surface area contributed by atoms with Gasteiger partial charge in [0.05, 0.1) is 0 Å². The van der Waals surface area contributed by atoms with Crippen LogP contribution < -0.4 is 10.1 Å². The van der Waals surface area contributed by atoms with Crippen molar-refractivity contribution in [2.24, 2.45) is 0 Å². The van der Waals surface area contributed by atoms with E-state index in [1.807, 2.05) is 31.2 Å². The normalized spacial score (nSPS) is 16.3. The maximum absolute atomic E-state index is 5.82. The maximum atomic E-state index is 5.82. The average molecular weight is 349 g/mol. The molecule has 0 saturated carbocycles. The van der Waals surface area contributed by atoms with Gasteiger partial charge in [-0.1, -0.05) is 12.1 Å². The SMILES string of the molecule is Cc1nnc2n1C[C@@H](NCc1ccc(OCc3ccncc3)cc1)CC2. The maximum Gasteiger partial charge on any atom is 0.133 e.